The predicted octanol–water partition coefficient (Wildman–Crippen LogP) is 0.890. The van der Waals surface area contributed by atoms with E-state index in [9.17, 15) is 0 Å². The lowest BCUT2D eigenvalue weighted by atomic mass is 10.0. The molecule has 0 radical (unpaired) electrons. The number of ether oxygens (including phenoxy) is 1. The zero-order valence-corrected chi connectivity index (χ0v) is 11.5. The Balaban J connectivity index is 1.68. The quantitative estimate of drug-likeness (QED) is 0.873. The zero-order valence-electron chi connectivity index (χ0n) is 11.5. The standard InChI is InChI=1S/C13H22N4O2/c1-18-13(4-2-3-5-13)12-15-11(19-16-12)10-17-8-6-14-7-9-17/h14H,2-10H2,1H3. The summed E-state index contributed by atoms with van der Waals surface area (Å²) < 4.78 is 11.1. The van der Waals surface area contributed by atoms with E-state index < -0.39 is 0 Å². The number of nitrogens with zero attached hydrogens (tertiary/aromatic N) is 3. The van der Waals surface area contributed by atoms with Crippen molar-refractivity contribution >= 4 is 0 Å². The van der Waals surface area contributed by atoms with E-state index in [2.05, 4.69) is 20.4 Å². The smallest absolute Gasteiger partial charge is 0.240 e. The molecule has 3 rings (SSSR count). The van der Waals surface area contributed by atoms with Crippen LogP contribution in [0.4, 0.5) is 0 Å². The number of hydrogen-bond donors (Lipinski definition) is 1. The van der Waals surface area contributed by atoms with E-state index in [1.165, 1.54) is 12.8 Å². The Labute approximate surface area is 113 Å². The van der Waals surface area contributed by atoms with Gasteiger partial charge in [0.2, 0.25) is 11.7 Å². The van der Waals surface area contributed by atoms with Crippen LogP contribution in [0.25, 0.3) is 0 Å². The van der Waals surface area contributed by atoms with Crippen molar-refractivity contribution in [3.05, 3.63) is 11.7 Å². The molecular weight excluding hydrogens is 244 g/mol. The maximum atomic E-state index is 5.68. The van der Waals surface area contributed by atoms with Crippen molar-refractivity contribution in [2.45, 2.75) is 37.8 Å². The van der Waals surface area contributed by atoms with Gasteiger partial charge in [-0.2, -0.15) is 4.98 Å². The number of rotatable bonds is 4. The third kappa shape index (κ3) is 2.66. The Morgan fingerprint density at radius 1 is 1.32 bits per heavy atom. The average molecular weight is 266 g/mol. The van der Waals surface area contributed by atoms with E-state index in [0.717, 1.165) is 51.4 Å². The first kappa shape index (κ1) is 13.0. The second kappa shape index (κ2) is 5.56. The van der Waals surface area contributed by atoms with Crippen molar-refractivity contribution in [1.29, 1.82) is 0 Å². The van der Waals surface area contributed by atoms with Gasteiger partial charge in [-0.15, -0.1) is 0 Å². The maximum absolute atomic E-state index is 5.68. The van der Waals surface area contributed by atoms with Crippen molar-refractivity contribution < 1.29 is 9.26 Å². The molecule has 0 bridgehead atoms. The summed E-state index contributed by atoms with van der Waals surface area (Å²) in [6, 6.07) is 0. The SMILES string of the molecule is COC1(c2noc(CN3CCNCC3)n2)CCCC1. The van der Waals surface area contributed by atoms with Gasteiger partial charge in [0.15, 0.2) is 0 Å². The number of methoxy groups -OCH3 is 1. The molecule has 2 heterocycles. The molecule has 6 nitrogen and oxygen atoms in total. The van der Waals surface area contributed by atoms with Crippen LogP contribution in [0.2, 0.25) is 0 Å². The minimum Gasteiger partial charge on any atom is -0.370 e. The van der Waals surface area contributed by atoms with Crippen molar-refractivity contribution in [1.82, 2.24) is 20.4 Å². The molecule has 6 heteroatoms. The molecule has 1 N–H and O–H groups in total. The van der Waals surface area contributed by atoms with Gasteiger partial charge >= 0.3 is 0 Å². The molecule has 0 amide bonds. The Bertz CT molecular complexity index is 409. The van der Waals surface area contributed by atoms with Gasteiger partial charge < -0.3 is 14.6 Å². The fourth-order valence-electron chi connectivity index (χ4n) is 3.03. The topological polar surface area (TPSA) is 63.4 Å². The Kier molecular flexibility index (Phi) is 3.81. The molecule has 1 saturated heterocycles. The van der Waals surface area contributed by atoms with Gasteiger partial charge in [0, 0.05) is 33.3 Å². The lowest BCUT2D eigenvalue weighted by Crippen LogP contribution is -2.42. The van der Waals surface area contributed by atoms with Crippen LogP contribution in [0.3, 0.4) is 0 Å². The first-order valence-corrected chi connectivity index (χ1v) is 7.14. The van der Waals surface area contributed by atoms with Crippen LogP contribution in [0.5, 0.6) is 0 Å². The number of piperazine rings is 1. The summed E-state index contributed by atoms with van der Waals surface area (Å²) in [6.45, 7) is 4.88. The molecule has 0 unspecified atom stereocenters. The van der Waals surface area contributed by atoms with Gasteiger partial charge in [0.05, 0.1) is 6.54 Å². The van der Waals surface area contributed by atoms with Gasteiger partial charge in [0.25, 0.3) is 0 Å². The maximum Gasteiger partial charge on any atom is 0.240 e. The minimum absolute atomic E-state index is 0.300. The molecule has 1 aromatic rings. The van der Waals surface area contributed by atoms with Crippen LogP contribution in [0, 0.1) is 0 Å². The summed E-state index contributed by atoms with van der Waals surface area (Å²) >= 11 is 0. The Hall–Kier alpha value is -0.980. The number of aromatic nitrogens is 2. The normalized spacial score (nSPS) is 23.8. The molecule has 1 aliphatic carbocycles. The summed E-state index contributed by atoms with van der Waals surface area (Å²) in [5, 5.41) is 7.49. The second-order valence-corrected chi connectivity index (χ2v) is 5.44. The van der Waals surface area contributed by atoms with Crippen LogP contribution in [-0.4, -0.2) is 48.3 Å². The first-order valence-electron chi connectivity index (χ1n) is 7.14. The molecule has 1 saturated carbocycles. The van der Waals surface area contributed by atoms with Crippen LogP contribution < -0.4 is 5.32 Å². The monoisotopic (exact) mass is 266 g/mol. The largest absolute Gasteiger partial charge is 0.370 e. The van der Waals surface area contributed by atoms with Gasteiger partial charge in [0.1, 0.15) is 5.60 Å². The second-order valence-electron chi connectivity index (χ2n) is 5.44. The fourth-order valence-corrected chi connectivity index (χ4v) is 3.03. The van der Waals surface area contributed by atoms with E-state index in [-0.39, 0.29) is 5.60 Å². The molecular formula is C13H22N4O2. The van der Waals surface area contributed by atoms with Crippen molar-refractivity contribution in [2.24, 2.45) is 0 Å². The summed E-state index contributed by atoms with van der Waals surface area (Å²) in [7, 11) is 1.75. The van der Waals surface area contributed by atoms with E-state index in [1.807, 2.05) is 0 Å². The molecule has 2 aliphatic rings. The molecule has 2 fully saturated rings. The van der Waals surface area contributed by atoms with Crippen molar-refractivity contribution in [3.63, 3.8) is 0 Å². The highest BCUT2D eigenvalue weighted by Gasteiger charge is 2.40. The molecule has 1 aliphatic heterocycles. The summed E-state index contributed by atoms with van der Waals surface area (Å²) in [4.78, 5) is 6.90. The van der Waals surface area contributed by atoms with Gasteiger partial charge in [-0.25, -0.2) is 0 Å². The molecule has 0 aromatic carbocycles. The average Bonchev–Trinajstić information content (AvgIpc) is 3.09. The predicted molar refractivity (Wildman–Crippen MR) is 69.6 cm³/mol. The minimum atomic E-state index is -0.300. The van der Waals surface area contributed by atoms with E-state index in [0.29, 0.717) is 5.89 Å². The van der Waals surface area contributed by atoms with Gasteiger partial charge in [-0.05, 0) is 25.7 Å². The molecule has 106 valence electrons. The van der Waals surface area contributed by atoms with Crippen LogP contribution in [0.1, 0.15) is 37.4 Å². The lowest BCUT2D eigenvalue weighted by Gasteiger charge is -2.25. The van der Waals surface area contributed by atoms with Crippen molar-refractivity contribution in [2.75, 3.05) is 33.3 Å². The summed E-state index contributed by atoms with van der Waals surface area (Å²) in [6.07, 6.45) is 4.34. The highest BCUT2D eigenvalue weighted by atomic mass is 16.5. The van der Waals surface area contributed by atoms with Crippen molar-refractivity contribution in [3.8, 4) is 0 Å². The number of hydrogen-bond acceptors (Lipinski definition) is 6. The molecule has 0 atom stereocenters. The molecule has 0 spiro atoms. The molecule has 1 aromatic heterocycles. The van der Waals surface area contributed by atoms with Crippen LogP contribution in [0.15, 0.2) is 4.52 Å². The fraction of sp³-hybridized carbons (Fsp3) is 0.846. The van der Waals surface area contributed by atoms with E-state index in [4.69, 9.17) is 9.26 Å². The molecule has 19 heavy (non-hydrogen) atoms. The summed E-state index contributed by atoms with van der Waals surface area (Å²) in [5.74, 6) is 1.44. The van der Waals surface area contributed by atoms with Crippen LogP contribution >= 0.6 is 0 Å². The van der Waals surface area contributed by atoms with Gasteiger partial charge in [-0.1, -0.05) is 5.16 Å². The highest BCUT2D eigenvalue weighted by Crippen LogP contribution is 2.40. The lowest BCUT2D eigenvalue weighted by molar-refractivity contribution is -0.0178. The first-order chi connectivity index (χ1) is 9.32. The number of nitrogens with one attached hydrogen (secondary N) is 1. The van der Waals surface area contributed by atoms with E-state index >= 15 is 0 Å². The summed E-state index contributed by atoms with van der Waals surface area (Å²) in [5.41, 5.74) is -0.300. The van der Waals surface area contributed by atoms with Gasteiger partial charge in [-0.3, -0.25) is 4.90 Å². The Morgan fingerprint density at radius 2 is 2.05 bits per heavy atom. The van der Waals surface area contributed by atoms with Crippen LogP contribution in [-0.2, 0) is 16.9 Å². The third-order valence-corrected chi connectivity index (χ3v) is 4.25. The van der Waals surface area contributed by atoms with E-state index in [1.54, 1.807) is 7.11 Å². The highest BCUT2D eigenvalue weighted by molar-refractivity contribution is 5.04. The Morgan fingerprint density at radius 3 is 2.74 bits per heavy atom. The zero-order chi connectivity index (χ0) is 13.1. The third-order valence-electron chi connectivity index (χ3n) is 4.25.